The Morgan fingerprint density at radius 1 is 0.814 bits per heavy atom. The molecule has 5 aromatic rings. The van der Waals surface area contributed by atoms with Crippen molar-refractivity contribution in [3.05, 3.63) is 131 Å². The lowest BCUT2D eigenvalue weighted by Gasteiger charge is -2.25. The molecule has 0 unspecified atom stereocenters. The zero-order chi connectivity index (χ0) is 30.2. The van der Waals surface area contributed by atoms with Crippen LogP contribution in [-0.4, -0.2) is 21.1 Å². The molecule has 1 heterocycles. The number of ether oxygens (including phenoxy) is 1. The molecule has 0 atom stereocenters. The highest BCUT2D eigenvalue weighted by atomic mass is 35.5. The molecule has 0 spiro atoms. The Kier molecular flexibility index (Phi) is 10.2. The molecule has 0 aliphatic rings. The molecule has 0 aliphatic heterocycles. The van der Waals surface area contributed by atoms with E-state index in [1.807, 2.05) is 36.4 Å². The van der Waals surface area contributed by atoms with E-state index in [0.29, 0.717) is 19.6 Å². The molecule has 0 saturated heterocycles. The molecule has 0 bridgehead atoms. The molecular weight excluding hydrogens is 571 g/mol. The van der Waals surface area contributed by atoms with Gasteiger partial charge in [0.25, 0.3) is 0 Å². The molecule has 43 heavy (non-hydrogen) atoms. The molecule has 1 aromatic heterocycles. The first-order valence-electron chi connectivity index (χ1n) is 14.3. The largest absolute Gasteiger partial charge is 0.435 e. The van der Waals surface area contributed by atoms with Crippen LogP contribution in [0.5, 0.6) is 5.75 Å². The Morgan fingerprint density at radius 2 is 1.44 bits per heavy atom. The van der Waals surface area contributed by atoms with Crippen LogP contribution >= 0.6 is 11.6 Å². The first-order valence-corrected chi connectivity index (χ1v) is 14.7. The van der Waals surface area contributed by atoms with Crippen LogP contribution in [0.3, 0.4) is 0 Å². The van der Waals surface area contributed by atoms with E-state index in [4.69, 9.17) is 16.6 Å². The standard InChI is InChI=1S/C35H33ClF3N3O/c1-2-3-20-42-32(33(27-10-6-4-7-11-27)40-34(42)28-12-8-5-9-13-28)24-41(23-26-16-19-31(37)30(36)21-26)22-25-14-17-29(18-15-25)43-35(38)39/h4-19,21,35H,2-3,20,22-24H2,1H3. The highest BCUT2D eigenvalue weighted by Gasteiger charge is 2.22. The van der Waals surface area contributed by atoms with Gasteiger partial charge in [-0.3, -0.25) is 4.90 Å². The van der Waals surface area contributed by atoms with Crippen LogP contribution in [0.4, 0.5) is 13.2 Å². The Balaban J connectivity index is 1.58. The zero-order valence-electron chi connectivity index (χ0n) is 23.9. The van der Waals surface area contributed by atoms with Gasteiger partial charge in [0.2, 0.25) is 0 Å². The summed E-state index contributed by atoms with van der Waals surface area (Å²) in [7, 11) is 0. The normalized spacial score (nSPS) is 11.4. The first kappa shape index (κ1) is 30.4. The SMILES string of the molecule is CCCCn1c(-c2ccccc2)nc(-c2ccccc2)c1CN(Cc1ccc(OC(F)F)cc1)Cc1ccc(F)c(Cl)c1. The fourth-order valence-corrected chi connectivity index (χ4v) is 5.35. The minimum Gasteiger partial charge on any atom is -0.435 e. The summed E-state index contributed by atoms with van der Waals surface area (Å²) < 4.78 is 46.3. The summed E-state index contributed by atoms with van der Waals surface area (Å²) in [5.41, 5.74) is 5.78. The number of benzene rings is 4. The van der Waals surface area contributed by atoms with Crippen molar-refractivity contribution < 1.29 is 17.9 Å². The molecule has 5 rings (SSSR count). The monoisotopic (exact) mass is 603 g/mol. The van der Waals surface area contributed by atoms with E-state index in [0.717, 1.165) is 58.9 Å². The molecule has 0 saturated carbocycles. The third-order valence-electron chi connectivity index (χ3n) is 7.21. The number of aromatic nitrogens is 2. The van der Waals surface area contributed by atoms with E-state index >= 15 is 0 Å². The second-order valence-electron chi connectivity index (χ2n) is 10.4. The van der Waals surface area contributed by atoms with Gasteiger partial charge in [0.15, 0.2) is 0 Å². The van der Waals surface area contributed by atoms with Crippen LogP contribution in [0.1, 0.15) is 36.6 Å². The molecule has 8 heteroatoms. The topological polar surface area (TPSA) is 30.3 Å². The van der Waals surface area contributed by atoms with E-state index < -0.39 is 12.4 Å². The van der Waals surface area contributed by atoms with Crippen molar-refractivity contribution in [2.75, 3.05) is 0 Å². The second kappa shape index (κ2) is 14.4. The van der Waals surface area contributed by atoms with E-state index in [-0.39, 0.29) is 10.8 Å². The average Bonchev–Trinajstić information content (AvgIpc) is 3.37. The quantitative estimate of drug-likeness (QED) is 0.134. The smallest absolute Gasteiger partial charge is 0.387 e. The van der Waals surface area contributed by atoms with Gasteiger partial charge in [0.05, 0.1) is 16.4 Å². The molecule has 4 nitrogen and oxygen atoms in total. The predicted molar refractivity (Wildman–Crippen MR) is 165 cm³/mol. The third kappa shape index (κ3) is 7.86. The van der Waals surface area contributed by atoms with Gasteiger partial charge in [0, 0.05) is 37.3 Å². The number of rotatable bonds is 13. The van der Waals surface area contributed by atoms with Crippen molar-refractivity contribution in [3.8, 4) is 28.4 Å². The van der Waals surface area contributed by atoms with Gasteiger partial charge in [-0.15, -0.1) is 0 Å². The van der Waals surface area contributed by atoms with Crippen LogP contribution < -0.4 is 4.74 Å². The van der Waals surface area contributed by atoms with Crippen LogP contribution in [-0.2, 0) is 26.2 Å². The summed E-state index contributed by atoms with van der Waals surface area (Å²) in [4.78, 5) is 7.44. The fourth-order valence-electron chi connectivity index (χ4n) is 5.15. The molecule has 0 amide bonds. The van der Waals surface area contributed by atoms with Crippen LogP contribution in [0.2, 0.25) is 5.02 Å². The van der Waals surface area contributed by atoms with E-state index in [1.165, 1.54) is 6.07 Å². The van der Waals surface area contributed by atoms with Crippen molar-refractivity contribution in [2.45, 2.75) is 52.6 Å². The lowest BCUT2D eigenvalue weighted by Crippen LogP contribution is -2.24. The van der Waals surface area contributed by atoms with Gasteiger partial charge in [-0.1, -0.05) is 104 Å². The van der Waals surface area contributed by atoms with Crippen molar-refractivity contribution in [1.29, 1.82) is 0 Å². The predicted octanol–water partition coefficient (Wildman–Crippen LogP) is 9.61. The Hall–Kier alpha value is -4.07. The average molecular weight is 604 g/mol. The van der Waals surface area contributed by atoms with Gasteiger partial charge < -0.3 is 9.30 Å². The van der Waals surface area contributed by atoms with Gasteiger partial charge in [0.1, 0.15) is 17.4 Å². The highest BCUT2D eigenvalue weighted by Crippen LogP contribution is 2.32. The molecule has 4 aromatic carbocycles. The maximum atomic E-state index is 14.0. The summed E-state index contributed by atoms with van der Waals surface area (Å²) in [6.45, 7) is 1.58. The Bertz CT molecular complexity index is 1610. The number of hydrogen-bond donors (Lipinski definition) is 0. The summed E-state index contributed by atoms with van der Waals surface area (Å²) in [5.74, 6) is 0.538. The maximum absolute atomic E-state index is 14.0. The minimum absolute atomic E-state index is 0.0651. The number of alkyl halides is 2. The molecule has 0 fully saturated rings. The van der Waals surface area contributed by atoms with Crippen molar-refractivity contribution in [1.82, 2.24) is 14.5 Å². The van der Waals surface area contributed by atoms with Crippen molar-refractivity contribution in [3.63, 3.8) is 0 Å². The third-order valence-corrected chi connectivity index (χ3v) is 7.49. The van der Waals surface area contributed by atoms with Gasteiger partial charge in [-0.25, -0.2) is 9.37 Å². The number of imidazole rings is 1. The molecule has 0 N–H and O–H groups in total. The van der Waals surface area contributed by atoms with E-state index in [1.54, 1.807) is 36.4 Å². The molecule has 0 radical (unpaired) electrons. The van der Waals surface area contributed by atoms with Crippen molar-refractivity contribution in [2.24, 2.45) is 0 Å². The fraction of sp³-hybridized carbons (Fsp3) is 0.229. The van der Waals surface area contributed by atoms with Crippen LogP contribution in [0, 0.1) is 5.82 Å². The Labute approximate surface area is 255 Å². The summed E-state index contributed by atoms with van der Waals surface area (Å²) >= 11 is 6.15. The minimum atomic E-state index is -2.89. The summed E-state index contributed by atoms with van der Waals surface area (Å²) in [6, 6.07) is 31.7. The second-order valence-corrected chi connectivity index (χ2v) is 10.8. The van der Waals surface area contributed by atoms with Gasteiger partial charge in [-0.2, -0.15) is 8.78 Å². The van der Waals surface area contributed by atoms with E-state index in [9.17, 15) is 13.2 Å². The summed E-state index contributed by atoms with van der Waals surface area (Å²) in [6.07, 6.45) is 2.01. The van der Waals surface area contributed by atoms with E-state index in [2.05, 4.69) is 45.4 Å². The first-order chi connectivity index (χ1) is 20.9. The Morgan fingerprint density at radius 3 is 2.07 bits per heavy atom. The molecule has 222 valence electrons. The molecular formula is C35H33ClF3N3O. The number of halogens is 4. The molecule has 0 aliphatic carbocycles. The van der Waals surface area contributed by atoms with Gasteiger partial charge in [-0.05, 0) is 41.8 Å². The number of unbranched alkanes of at least 4 members (excludes halogenated alkanes) is 1. The lowest BCUT2D eigenvalue weighted by atomic mass is 10.1. The lowest BCUT2D eigenvalue weighted by molar-refractivity contribution is -0.0498. The zero-order valence-corrected chi connectivity index (χ0v) is 24.7. The number of nitrogens with zero attached hydrogens (tertiary/aromatic N) is 3. The van der Waals surface area contributed by atoms with Gasteiger partial charge >= 0.3 is 6.61 Å². The highest BCUT2D eigenvalue weighted by molar-refractivity contribution is 6.30. The van der Waals surface area contributed by atoms with Crippen LogP contribution in [0.15, 0.2) is 103 Å². The van der Waals surface area contributed by atoms with Crippen LogP contribution in [0.25, 0.3) is 22.6 Å². The maximum Gasteiger partial charge on any atom is 0.387 e. The van der Waals surface area contributed by atoms with Crippen molar-refractivity contribution >= 4 is 11.6 Å². The summed E-state index contributed by atoms with van der Waals surface area (Å²) in [5, 5.41) is 0.0651. The number of hydrogen-bond acceptors (Lipinski definition) is 3.